The molecule has 1 rings (SSSR count). The van der Waals surface area contributed by atoms with Crippen molar-refractivity contribution in [1.82, 2.24) is 5.32 Å². The molecule has 0 fully saturated rings. The number of nitrogens with one attached hydrogen (secondary N) is 1. The van der Waals surface area contributed by atoms with Crippen LogP contribution in [0, 0.1) is 6.92 Å². The van der Waals surface area contributed by atoms with Gasteiger partial charge in [-0.3, -0.25) is 9.59 Å². The van der Waals surface area contributed by atoms with Gasteiger partial charge in [0.05, 0.1) is 7.11 Å². The van der Waals surface area contributed by atoms with Crippen molar-refractivity contribution in [3.05, 3.63) is 29.8 Å². The summed E-state index contributed by atoms with van der Waals surface area (Å²) in [5.74, 6) is 0.365. The number of hydrogen-bond donors (Lipinski definition) is 1. The molecule has 0 saturated heterocycles. The molecule has 1 amide bonds. The maximum atomic E-state index is 11.9. The van der Waals surface area contributed by atoms with Crippen LogP contribution in [0.15, 0.2) is 24.3 Å². The topological polar surface area (TPSA) is 64.6 Å². The number of unbranched alkanes of at least 4 members (excludes halogenated alkanes) is 2. The van der Waals surface area contributed by atoms with E-state index >= 15 is 0 Å². The second-order valence-electron chi connectivity index (χ2n) is 5.25. The summed E-state index contributed by atoms with van der Waals surface area (Å²) in [6, 6.07) is 7.60. The summed E-state index contributed by atoms with van der Waals surface area (Å²) in [5, 5.41) is 2.84. The predicted molar refractivity (Wildman–Crippen MR) is 84.8 cm³/mol. The Hall–Kier alpha value is -2.04. The molecule has 0 bridgehead atoms. The van der Waals surface area contributed by atoms with Crippen LogP contribution in [0.1, 0.15) is 38.2 Å². The number of methoxy groups -OCH3 is 1. The van der Waals surface area contributed by atoms with E-state index in [4.69, 9.17) is 4.74 Å². The Kier molecular flexibility index (Phi) is 8.04. The van der Waals surface area contributed by atoms with Crippen molar-refractivity contribution in [2.45, 2.75) is 45.6 Å². The molecule has 0 radical (unpaired) electrons. The Morgan fingerprint density at radius 2 is 1.82 bits per heavy atom. The number of aryl methyl sites for hydroxylation is 1. The van der Waals surface area contributed by atoms with Crippen LogP contribution in [0.25, 0.3) is 0 Å². The van der Waals surface area contributed by atoms with E-state index in [1.807, 2.05) is 31.2 Å². The Balaban J connectivity index is 2.16. The molecule has 22 heavy (non-hydrogen) atoms. The van der Waals surface area contributed by atoms with Gasteiger partial charge in [0.2, 0.25) is 0 Å². The lowest BCUT2D eigenvalue weighted by atomic mass is 10.2. The minimum atomic E-state index is -0.530. The van der Waals surface area contributed by atoms with Crippen molar-refractivity contribution in [2.24, 2.45) is 0 Å². The Labute approximate surface area is 132 Å². The third kappa shape index (κ3) is 7.11. The van der Waals surface area contributed by atoms with Crippen LogP contribution >= 0.6 is 0 Å². The van der Waals surface area contributed by atoms with E-state index in [0.717, 1.165) is 24.8 Å². The molecule has 0 saturated carbocycles. The standard InChI is InChI=1S/C17H25NO4/c1-13-8-10-15(11-9-13)22-14(2)17(20)18-12-6-4-5-7-16(19)21-3/h8-11,14H,4-7,12H2,1-3H3,(H,18,20). The number of carbonyl (C=O) groups excluding carboxylic acids is 2. The van der Waals surface area contributed by atoms with Crippen molar-refractivity contribution in [1.29, 1.82) is 0 Å². The van der Waals surface area contributed by atoms with Crippen LogP contribution in [-0.4, -0.2) is 31.6 Å². The largest absolute Gasteiger partial charge is 0.481 e. The molecule has 0 aliphatic carbocycles. The zero-order chi connectivity index (χ0) is 16.4. The van der Waals surface area contributed by atoms with E-state index in [1.165, 1.54) is 7.11 Å². The summed E-state index contributed by atoms with van der Waals surface area (Å²) in [4.78, 5) is 22.8. The quantitative estimate of drug-likeness (QED) is 0.562. The maximum Gasteiger partial charge on any atom is 0.305 e. The Morgan fingerprint density at radius 3 is 2.45 bits per heavy atom. The molecule has 1 N–H and O–H groups in total. The number of ether oxygens (including phenoxy) is 2. The molecular weight excluding hydrogens is 282 g/mol. The molecule has 0 heterocycles. The van der Waals surface area contributed by atoms with Gasteiger partial charge in [-0.2, -0.15) is 0 Å². The second-order valence-corrected chi connectivity index (χ2v) is 5.25. The SMILES string of the molecule is COC(=O)CCCCCNC(=O)C(C)Oc1ccc(C)cc1. The number of rotatable bonds is 9. The van der Waals surface area contributed by atoms with E-state index in [2.05, 4.69) is 10.1 Å². The van der Waals surface area contributed by atoms with Gasteiger partial charge in [0.1, 0.15) is 5.75 Å². The molecular formula is C17H25NO4. The third-order valence-corrected chi connectivity index (χ3v) is 3.29. The highest BCUT2D eigenvalue weighted by molar-refractivity contribution is 5.80. The first-order chi connectivity index (χ1) is 10.5. The zero-order valence-corrected chi connectivity index (χ0v) is 13.6. The average molecular weight is 307 g/mol. The van der Waals surface area contributed by atoms with Crippen LogP contribution in [0.5, 0.6) is 5.75 Å². The van der Waals surface area contributed by atoms with Gasteiger partial charge in [-0.15, -0.1) is 0 Å². The molecule has 0 aliphatic heterocycles. The first kappa shape index (κ1) is 18.0. The normalized spacial score (nSPS) is 11.6. The van der Waals surface area contributed by atoms with E-state index in [1.54, 1.807) is 6.92 Å². The van der Waals surface area contributed by atoms with Gasteiger partial charge in [0.15, 0.2) is 6.10 Å². The molecule has 1 aromatic rings. The molecule has 122 valence electrons. The number of carbonyl (C=O) groups is 2. The minimum Gasteiger partial charge on any atom is -0.481 e. The highest BCUT2D eigenvalue weighted by atomic mass is 16.5. The summed E-state index contributed by atoms with van der Waals surface area (Å²) in [6.07, 6.45) is 2.38. The predicted octanol–water partition coefficient (Wildman–Crippen LogP) is 2.61. The first-order valence-corrected chi connectivity index (χ1v) is 7.60. The summed E-state index contributed by atoms with van der Waals surface area (Å²) >= 11 is 0. The Morgan fingerprint density at radius 1 is 1.14 bits per heavy atom. The number of hydrogen-bond acceptors (Lipinski definition) is 4. The van der Waals surface area contributed by atoms with Crippen molar-refractivity contribution in [3.8, 4) is 5.75 Å². The number of amides is 1. The van der Waals surface area contributed by atoms with Crippen LogP contribution in [0.2, 0.25) is 0 Å². The van der Waals surface area contributed by atoms with Gasteiger partial charge in [-0.05, 0) is 38.8 Å². The van der Waals surface area contributed by atoms with Crippen molar-refractivity contribution < 1.29 is 19.1 Å². The van der Waals surface area contributed by atoms with E-state index < -0.39 is 6.10 Å². The maximum absolute atomic E-state index is 11.9. The molecule has 1 unspecified atom stereocenters. The molecule has 0 aliphatic rings. The van der Waals surface area contributed by atoms with Gasteiger partial charge < -0.3 is 14.8 Å². The number of esters is 1. The van der Waals surface area contributed by atoms with E-state index in [0.29, 0.717) is 18.7 Å². The molecule has 5 nitrogen and oxygen atoms in total. The van der Waals surface area contributed by atoms with Crippen LogP contribution in [0.3, 0.4) is 0 Å². The summed E-state index contributed by atoms with van der Waals surface area (Å²) in [7, 11) is 1.39. The van der Waals surface area contributed by atoms with Crippen molar-refractivity contribution in [3.63, 3.8) is 0 Å². The van der Waals surface area contributed by atoms with E-state index in [9.17, 15) is 9.59 Å². The van der Waals surface area contributed by atoms with Crippen LogP contribution in [-0.2, 0) is 14.3 Å². The fourth-order valence-electron chi connectivity index (χ4n) is 1.90. The Bertz CT molecular complexity index is 470. The lowest BCUT2D eigenvalue weighted by Gasteiger charge is -2.14. The molecule has 1 aromatic carbocycles. The fraction of sp³-hybridized carbons (Fsp3) is 0.529. The van der Waals surface area contributed by atoms with Gasteiger partial charge in [0, 0.05) is 13.0 Å². The third-order valence-electron chi connectivity index (χ3n) is 3.29. The highest BCUT2D eigenvalue weighted by Gasteiger charge is 2.13. The minimum absolute atomic E-state index is 0.131. The molecule has 0 spiro atoms. The molecule has 5 heteroatoms. The van der Waals surface area contributed by atoms with E-state index in [-0.39, 0.29) is 11.9 Å². The zero-order valence-electron chi connectivity index (χ0n) is 13.6. The average Bonchev–Trinajstić information content (AvgIpc) is 2.52. The lowest BCUT2D eigenvalue weighted by Crippen LogP contribution is -2.36. The monoisotopic (exact) mass is 307 g/mol. The smallest absolute Gasteiger partial charge is 0.305 e. The fourth-order valence-corrected chi connectivity index (χ4v) is 1.90. The molecule has 0 aromatic heterocycles. The summed E-state index contributed by atoms with van der Waals surface area (Å²) in [5.41, 5.74) is 1.15. The highest BCUT2D eigenvalue weighted by Crippen LogP contribution is 2.13. The van der Waals surface area contributed by atoms with Gasteiger partial charge in [-0.25, -0.2) is 0 Å². The molecule has 1 atom stereocenters. The first-order valence-electron chi connectivity index (χ1n) is 7.60. The van der Waals surface area contributed by atoms with Crippen molar-refractivity contribution in [2.75, 3.05) is 13.7 Å². The summed E-state index contributed by atoms with van der Waals surface area (Å²) in [6.45, 7) is 4.31. The summed E-state index contributed by atoms with van der Waals surface area (Å²) < 4.78 is 10.1. The van der Waals surface area contributed by atoms with Gasteiger partial charge in [-0.1, -0.05) is 24.1 Å². The van der Waals surface area contributed by atoms with Gasteiger partial charge >= 0.3 is 5.97 Å². The lowest BCUT2D eigenvalue weighted by molar-refractivity contribution is -0.140. The van der Waals surface area contributed by atoms with Gasteiger partial charge in [0.25, 0.3) is 5.91 Å². The van der Waals surface area contributed by atoms with Crippen molar-refractivity contribution >= 4 is 11.9 Å². The number of benzene rings is 1. The second kappa shape index (κ2) is 9.82. The van der Waals surface area contributed by atoms with Crippen LogP contribution in [0.4, 0.5) is 0 Å². The van der Waals surface area contributed by atoms with Crippen LogP contribution < -0.4 is 10.1 Å².